The number of carbonyl (C=O) groups excluding carboxylic acids is 1. The van der Waals surface area contributed by atoms with Crippen molar-refractivity contribution in [3.05, 3.63) is 46.6 Å². The summed E-state index contributed by atoms with van der Waals surface area (Å²) in [5, 5.41) is 9.49. The molecule has 1 atom stereocenters. The summed E-state index contributed by atoms with van der Waals surface area (Å²) in [7, 11) is 0. The van der Waals surface area contributed by atoms with Crippen LogP contribution in [0.15, 0.2) is 46.6 Å². The molecule has 1 unspecified atom stereocenters. The number of piperidine rings is 1. The van der Waals surface area contributed by atoms with E-state index in [4.69, 9.17) is 0 Å². The first kappa shape index (κ1) is 25.4. The fourth-order valence-corrected chi connectivity index (χ4v) is 3.73. The van der Waals surface area contributed by atoms with E-state index in [9.17, 15) is 9.90 Å². The largest absolute Gasteiger partial charge is 0.394 e. The first-order valence-corrected chi connectivity index (χ1v) is 11.4. The molecule has 0 bridgehead atoms. The molecule has 29 heavy (non-hydrogen) atoms. The van der Waals surface area contributed by atoms with Gasteiger partial charge in [0.1, 0.15) is 0 Å². The van der Waals surface area contributed by atoms with E-state index < -0.39 is 0 Å². The molecule has 1 heterocycles. The first-order chi connectivity index (χ1) is 13.8. The van der Waals surface area contributed by atoms with Gasteiger partial charge in [0.2, 0.25) is 5.91 Å². The maximum Gasteiger partial charge on any atom is 0.246 e. The van der Waals surface area contributed by atoms with Crippen molar-refractivity contribution in [3.8, 4) is 0 Å². The molecule has 3 heteroatoms. The minimum Gasteiger partial charge on any atom is -0.394 e. The first-order valence-electron chi connectivity index (χ1n) is 11.4. The topological polar surface area (TPSA) is 40.5 Å². The second kappa shape index (κ2) is 14.4. The number of amides is 1. The molecule has 1 rings (SSSR count). The maximum absolute atomic E-state index is 12.5. The third-order valence-corrected chi connectivity index (χ3v) is 5.65. The van der Waals surface area contributed by atoms with Crippen LogP contribution in [0.5, 0.6) is 0 Å². The molecule has 1 N–H and O–H groups in total. The Hall–Kier alpha value is -1.61. The Morgan fingerprint density at radius 2 is 1.41 bits per heavy atom. The molecule has 1 saturated heterocycles. The molecule has 0 spiro atoms. The molecule has 0 aliphatic carbocycles. The number of nitrogens with zero attached hydrogens (tertiary/aromatic N) is 1. The minimum absolute atomic E-state index is 0.000898. The average molecular weight is 402 g/mol. The van der Waals surface area contributed by atoms with Crippen LogP contribution in [-0.2, 0) is 4.79 Å². The Morgan fingerprint density at radius 3 is 1.97 bits per heavy atom. The molecule has 0 aromatic heterocycles. The van der Waals surface area contributed by atoms with Gasteiger partial charge >= 0.3 is 0 Å². The van der Waals surface area contributed by atoms with Crippen molar-refractivity contribution in [3.63, 3.8) is 0 Å². The van der Waals surface area contributed by atoms with Crippen molar-refractivity contribution in [1.29, 1.82) is 0 Å². The summed E-state index contributed by atoms with van der Waals surface area (Å²) in [5.41, 5.74) is 5.42. The monoisotopic (exact) mass is 401 g/mol. The van der Waals surface area contributed by atoms with E-state index in [1.54, 1.807) is 6.08 Å². The Morgan fingerprint density at radius 1 is 0.862 bits per heavy atom. The predicted octanol–water partition coefficient (Wildman–Crippen LogP) is 6.51. The van der Waals surface area contributed by atoms with Crippen molar-refractivity contribution in [2.45, 2.75) is 98.4 Å². The number of hydrogen-bond donors (Lipinski definition) is 1. The number of aliphatic hydroxyl groups excluding tert-OH is 1. The predicted molar refractivity (Wildman–Crippen MR) is 125 cm³/mol. The summed E-state index contributed by atoms with van der Waals surface area (Å²) in [6.07, 6.45) is 18.2. The highest BCUT2D eigenvalue weighted by Crippen LogP contribution is 2.18. The number of carbonyl (C=O) groups is 1. The van der Waals surface area contributed by atoms with Crippen molar-refractivity contribution in [2.24, 2.45) is 0 Å². The second-order valence-electron chi connectivity index (χ2n) is 8.85. The normalized spacial score (nSPS) is 18.8. The van der Waals surface area contributed by atoms with Gasteiger partial charge in [-0.05, 0) is 92.4 Å². The molecular formula is C26H43NO2. The second-order valence-corrected chi connectivity index (χ2v) is 8.85. The zero-order valence-electron chi connectivity index (χ0n) is 19.5. The molecule has 1 amide bonds. The van der Waals surface area contributed by atoms with Crippen LogP contribution in [0.2, 0.25) is 0 Å². The van der Waals surface area contributed by atoms with Crippen LogP contribution in [0.25, 0.3) is 0 Å². The van der Waals surface area contributed by atoms with Gasteiger partial charge in [-0.3, -0.25) is 4.79 Å². The van der Waals surface area contributed by atoms with E-state index in [0.29, 0.717) is 0 Å². The van der Waals surface area contributed by atoms with E-state index in [2.05, 4.69) is 45.9 Å². The standard InChI is InChI=1S/C26H43NO2/c1-21(2)11-8-12-22(3)13-9-14-23(4)15-10-16-24(5)19-26(29)27-18-7-6-17-25(27)20-28/h11,13,15,19,25,28H,6-10,12,14,16-18,20H2,1-5H3/b22-13+,23-15+,24-19+. The number of rotatable bonds is 11. The van der Waals surface area contributed by atoms with Crippen LogP contribution in [-0.4, -0.2) is 35.1 Å². The third-order valence-electron chi connectivity index (χ3n) is 5.65. The van der Waals surface area contributed by atoms with Crippen LogP contribution in [0, 0.1) is 0 Å². The summed E-state index contributed by atoms with van der Waals surface area (Å²) in [4.78, 5) is 14.4. The van der Waals surface area contributed by atoms with E-state index in [-0.39, 0.29) is 18.6 Å². The lowest BCUT2D eigenvalue weighted by molar-refractivity contribution is -0.130. The molecule has 0 saturated carbocycles. The fraction of sp³-hybridized carbons (Fsp3) is 0.654. The number of aliphatic hydroxyl groups is 1. The molecule has 3 nitrogen and oxygen atoms in total. The summed E-state index contributed by atoms with van der Waals surface area (Å²) in [6.45, 7) is 11.6. The van der Waals surface area contributed by atoms with E-state index >= 15 is 0 Å². The quantitative estimate of drug-likeness (QED) is 0.317. The molecule has 1 fully saturated rings. The van der Waals surface area contributed by atoms with Gasteiger partial charge in [-0.2, -0.15) is 0 Å². The van der Waals surface area contributed by atoms with E-state index in [1.807, 2.05) is 11.8 Å². The van der Waals surface area contributed by atoms with Crippen LogP contribution in [0.4, 0.5) is 0 Å². The zero-order chi connectivity index (χ0) is 21.6. The zero-order valence-corrected chi connectivity index (χ0v) is 19.5. The highest BCUT2D eigenvalue weighted by molar-refractivity contribution is 5.88. The van der Waals surface area contributed by atoms with E-state index in [1.165, 1.54) is 16.7 Å². The Balaban J connectivity index is 2.36. The van der Waals surface area contributed by atoms with Crippen LogP contribution >= 0.6 is 0 Å². The lowest BCUT2D eigenvalue weighted by Crippen LogP contribution is -2.45. The third kappa shape index (κ3) is 11.2. The molecular weight excluding hydrogens is 358 g/mol. The molecule has 1 aliphatic heterocycles. The number of allylic oxidation sites excluding steroid dienone is 7. The average Bonchev–Trinajstić information content (AvgIpc) is 2.67. The van der Waals surface area contributed by atoms with Crippen molar-refractivity contribution in [2.75, 3.05) is 13.2 Å². The van der Waals surface area contributed by atoms with Crippen molar-refractivity contribution < 1.29 is 9.90 Å². The SMILES string of the molecule is CC(C)=CCC/C(C)=C/CC/C(C)=C/CC/C(C)=C/C(=O)N1CCCCC1CO. The highest BCUT2D eigenvalue weighted by atomic mass is 16.3. The molecule has 0 radical (unpaired) electrons. The highest BCUT2D eigenvalue weighted by Gasteiger charge is 2.24. The van der Waals surface area contributed by atoms with Gasteiger partial charge in [-0.1, -0.05) is 40.5 Å². The fourth-order valence-electron chi connectivity index (χ4n) is 3.73. The maximum atomic E-state index is 12.5. The van der Waals surface area contributed by atoms with Gasteiger partial charge in [0.25, 0.3) is 0 Å². The van der Waals surface area contributed by atoms with Crippen molar-refractivity contribution >= 4 is 5.91 Å². The Kier molecular flexibility index (Phi) is 12.6. The van der Waals surface area contributed by atoms with Gasteiger partial charge in [0.15, 0.2) is 0 Å². The lowest BCUT2D eigenvalue weighted by Gasteiger charge is -2.34. The Bertz CT molecular complexity index is 621. The summed E-state index contributed by atoms with van der Waals surface area (Å²) >= 11 is 0. The number of likely N-dealkylation sites (tertiary alicyclic amines) is 1. The van der Waals surface area contributed by atoms with Crippen molar-refractivity contribution in [1.82, 2.24) is 4.90 Å². The molecule has 0 aromatic carbocycles. The van der Waals surface area contributed by atoms with Crippen LogP contribution in [0.1, 0.15) is 92.4 Å². The summed E-state index contributed by atoms with van der Waals surface area (Å²) in [5.74, 6) is 0.0654. The minimum atomic E-state index is 0.000898. The summed E-state index contributed by atoms with van der Waals surface area (Å²) < 4.78 is 0. The number of hydrogen-bond acceptors (Lipinski definition) is 2. The van der Waals surface area contributed by atoms with Crippen LogP contribution in [0.3, 0.4) is 0 Å². The van der Waals surface area contributed by atoms with Gasteiger partial charge in [0, 0.05) is 12.6 Å². The molecule has 164 valence electrons. The van der Waals surface area contributed by atoms with Gasteiger partial charge in [0.05, 0.1) is 12.6 Å². The lowest BCUT2D eigenvalue weighted by atomic mass is 10.0. The molecule has 1 aliphatic rings. The van der Waals surface area contributed by atoms with Gasteiger partial charge in [-0.15, -0.1) is 0 Å². The van der Waals surface area contributed by atoms with E-state index in [0.717, 1.165) is 69.9 Å². The van der Waals surface area contributed by atoms with Crippen LogP contribution < -0.4 is 0 Å². The Labute approximate surface area is 179 Å². The van der Waals surface area contributed by atoms with Gasteiger partial charge < -0.3 is 10.0 Å². The summed E-state index contributed by atoms with van der Waals surface area (Å²) in [6, 6.07) is 0.000898. The van der Waals surface area contributed by atoms with Gasteiger partial charge in [-0.25, -0.2) is 0 Å². The molecule has 0 aromatic rings. The smallest absolute Gasteiger partial charge is 0.246 e.